The van der Waals surface area contributed by atoms with E-state index in [0.717, 1.165) is 20.2 Å². The molecule has 0 radical (unpaired) electrons. The minimum Gasteiger partial charge on any atom is -0.268 e. The van der Waals surface area contributed by atoms with Crippen LogP contribution in [0, 0.1) is 0 Å². The van der Waals surface area contributed by atoms with E-state index in [9.17, 15) is 0 Å². The Labute approximate surface area is 99.2 Å². The first kappa shape index (κ1) is 9.93. The van der Waals surface area contributed by atoms with Crippen molar-refractivity contribution in [2.75, 3.05) is 0 Å². The Morgan fingerprint density at radius 3 is 2.50 bits per heavy atom. The molecule has 2 rings (SSSR count). The van der Waals surface area contributed by atoms with Gasteiger partial charge in [-0.2, -0.15) is 5.10 Å². The molecule has 0 saturated heterocycles. The molecule has 0 aliphatic carbocycles. The summed E-state index contributed by atoms with van der Waals surface area (Å²) in [6.07, 6.45) is 1.80. The predicted molar refractivity (Wildman–Crippen MR) is 64.0 cm³/mol. The van der Waals surface area contributed by atoms with Gasteiger partial charge in [0.15, 0.2) is 0 Å². The molecular formula is C10H8Br2N2. The van der Waals surface area contributed by atoms with Gasteiger partial charge in [-0.25, -0.2) is 0 Å². The van der Waals surface area contributed by atoms with Crippen LogP contribution in [0.3, 0.4) is 0 Å². The molecule has 0 spiro atoms. The SMILES string of the molecule is Cn1nccc1-c1ccc(Br)c(Br)c1. The quantitative estimate of drug-likeness (QED) is 0.786. The summed E-state index contributed by atoms with van der Waals surface area (Å²) in [7, 11) is 1.94. The molecule has 2 aromatic rings. The van der Waals surface area contributed by atoms with Crippen LogP contribution >= 0.6 is 31.9 Å². The molecule has 1 heterocycles. The van der Waals surface area contributed by atoms with Gasteiger partial charge in [-0.1, -0.05) is 6.07 Å². The highest BCUT2D eigenvalue weighted by Crippen LogP contribution is 2.28. The first-order valence-electron chi connectivity index (χ1n) is 4.12. The van der Waals surface area contributed by atoms with Crippen molar-refractivity contribution >= 4 is 31.9 Å². The number of halogens is 2. The standard InChI is InChI=1S/C10H8Br2N2/c1-14-10(4-5-13-14)7-2-3-8(11)9(12)6-7/h2-6H,1H3. The van der Waals surface area contributed by atoms with Crippen molar-refractivity contribution < 1.29 is 0 Å². The average Bonchev–Trinajstić information content (AvgIpc) is 2.57. The summed E-state index contributed by atoms with van der Waals surface area (Å²) in [5, 5.41) is 4.13. The van der Waals surface area contributed by atoms with E-state index in [1.165, 1.54) is 0 Å². The average molecular weight is 316 g/mol. The van der Waals surface area contributed by atoms with Crippen LogP contribution in [0.2, 0.25) is 0 Å². The van der Waals surface area contributed by atoms with Gasteiger partial charge in [0.2, 0.25) is 0 Å². The molecule has 72 valence electrons. The number of aromatic nitrogens is 2. The molecule has 0 bridgehead atoms. The lowest BCUT2D eigenvalue weighted by Crippen LogP contribution is -1.92. The molecule has 0 amide bonds. The van der Waals surface area contributed by atoms with Crippen molar-refractivity contribution in [1.29, 1.82) is 0 Å². The Morgan fingerprint density at radius 1 is 1.14 bits per heavy atom. The molecule has 1 aromatic carbocycles. The Bertz CT molecular complexity index is 463. The fraction of sp³-hybridized carbons (Fsp3) is 0.100. The molecule has 4 heteroatoms. The molecule has 0 unspecified atom stereocenters. The summed E-state index contributed by atoms with van der Waals surface area (Å²) in [6, 6.07) is 8.15. The zero-order chi connectivity index (χ0) is 10.1. The minimum absolute atomic E-state index is 1.05. The summed E-state index contributed by atoms with van der Waals surface area (Å²) in [5.41, 5.74) is 2.26. The van der Waals surface area contributed by atoms with E-state index in [0.29, 0.717) is 0 Å². The molecule has 0 saturated carbocycles. The van der Waals surface area contributed by atoms with Gasteiger partial charge >= 0.3 is 0 Å². The summed E-state index contributed by atoms with van der Waals surface area (Å²) in [6.45, 7) is 0. The van der Waals surface area contributed by atoms with Crippen molar-refractivity contribution in [3.05, 3.63) is 39.4 Å². The number of rotatable bonds is 1. The van der Waals surface area contributed by atoms with E-state index >= 15 is 0 Å². The highest BCUT2D eigenvalue weighted by Gasteiger charge is 2.04. The predicted octanol–water partition coefficient (Wildman–Crippen LogP) is 3.61. The van der Waals surface area contributed by atoms with Crippen LogP contribution in [0.15, 0.2) is 39.4 Å². The Morgan fingerprint density at radius 2 is 1.93 bits per heavy atom. The highest BCUT2D eigenvalue weighted by atomic mass is 79.9. The second-order valence-corrected chi connectivity index (χ2v) is 4.68. The minimum atomic E-state index is 1.05. The molecule has 0 fully saturated rings. The van der Waals surface area contributed by atoms with Crippen molar-refractivity contribution in [2.45, 2.75) is 0 Å². The zero-order valence-corrected chi connectivity index (χ0v) is 10.7. The van der Waals surface area contributed by atoms with Crippen LogP contribution in [-0.4, -0.2) is 9.78 Å². The second kappa shape index (κ2) is 3.87. The van der Waals surface area contributed by atoms with Crippen LogP contribution in [0.1, 0.15) is 0 Å². The van der Waals surface area contributed by atoms with Gasteiger partial charge in [0, 0.05) is 27.8 Å². The van der Waals surface area contributed by atoms with Gasteiger partial charge in [-0.15, -0.1) is 0 Å². The summed E-state index contributed by atoms with van der Waals surface area (Å²) in [5.74, 6) is 0. The third kappa shape index (κ3) is 1.77. The molecule has 14 heavy (non-hydrogen) atoms. The Hall–Kier alpha value is -0.610. The van der Waals surface area contributed by atoms with E-state index in [2.05, 4.69) is 49.1 Å². The van der Waals surface area contributed by atoms with E-state index in [1.54, 1.807) is 6.20 Å². The number of aryl methyl sites for hydroxylation is 1. The maximum absolute atomic E-state index is 4.13. The summed E-state index contributed by atoms with van der Waals surface area (Å²) < 4.78 is 3.97. The normalized spacial score (nSPS) is 10.5. The lowest BCUT2D eigenvalue weighted by molar-refractivity contribution is 0.776. The van der Waals surface area contributed by atoms with Crippen LogP contribution in [0.5, 0.6) is 0 Å². The fourth-order valence-electron chi connectivity index (χ4n) is 1.31. The largest absolute Gasteiger partial charge is 0.268 e. The van der Waals surface area contributed by atoms with Gasteiger partial charge < -0.3 is 0 Å². The van der Waals surface area contributed by atoms with Crippen LogP contribution in [0.25, 0.3) is 11.3 Å². The zero-order valence-electron chi connectivity index (χ0n) is 7.54. The molecule has 0 atom stereocenters. The van der Waals surface area contributed by atoms with Gasteiger partial charge in [-0.05, 0) is 50.1 Å². The first-order chi connectivity index (χ1) is 6.68. The Kier molecular flexibility index (Phi) is 2.74. The highest BCUT2D eigenvalue weighted by molar-refractivity contribution is 9.13. The fourth-order valence-corrected chi connectivity index (χ4v) is 1.94. The van der Waals surface area contributed by atoms with Crippen molar-refractivity contribution in [3.8, 4) is 11.3 Å². The van der Waals surface area contributed by atoms with Gasteiger partial charge in [0.25, 0.3) is 0 Å². The van der Waals surface area contributed by atoms with E-state index < -0.39 is 0 Å². The van der Waals surface area contributed by atoms with Crippen molar-refractivity contribution in [3.63, 3.8) is 0 Å². The van der Waals surface area contributed by atoms with Gasteiger partial charge in [-0.3, -0.25) is 4.68 Å². The third-order valence-electron chi connectivity index (χ3n) is 2.04. The number of hydrogen-bond acceptors (Lipinski definition) is 1. The molecule has 2 nitrogen and oxygen atoms in total. The lowest BCUT2D eigenvalue weighted by atomic mass is 10.1. The van der Waals surface area contributed by atoms with E-state index in [-0.39, 0.29) is 0 Å². The Balaban J connectivity index is 2.53. The summed E-state index contributed by atoms with van der Waals surface area (Å²) in [4.78, 5) is 0. The molecule has 1 aromatic heterocycles. The molecule has 0 N–H and O–H groups in total. The van der Waals surface area contributed by atoms with Gasteiger partial charge in [0.1, 0.15) is 0 Å². The molecule has 0 aliphatic heterocycles. The first-order valence-corrected chi connectivity index (χ1v) is 5.70. The van der Waals surface area contributed by atoms with Crippen molar-refractivity contribution in [2.24, 2.45) is 7.05 Å². The lowest BCUT2D eigenvalue weighted by Gasteiger charge is -2.03. The topological polar surface area (TPSA) is 17.8 Å². The van der Waals surface area contributed by atoms with Crippen LogP contribution in [0.4, 0.5) is 0 Å². The smallest absolute Gasteiger partial charge is 0.0679 e. The monoisotopic (exact) mass is 314 g/mol. The molecular weight excluding hydrogens is 308 g/mol. The number of nitrogens with zero attached hydrogens (tertiary/aromatic N) is 2. The maximum atomic E-state index is 4.13. The maximum Gasteiger partial charge on any atom is 0.0679 e. The number of hydrogen-bond donors (Lipinski definition) is 0. The summed E-state index contributed by atoms with van der Waals surface area (Å²) >= 11 is 6.92. The third-order valence-corrected chi connectivity index (χ3v) is 3.92. The second-order valence-electron chi connectivity index (χ2n) is 2.97. The molecule has 0 aliphatic rings. The van der Waals surface area contributed by atoms with Crippen LogP contribution in [-0.2, 0) is 7.05 Å². The van der Waals surface area contributed by atoms with Crippen molar-refractivity contribution in [1.82, 2.24) is 9.78 Å². The van der Waals surface area contributed by atoms with E-state index in [4.69, 9.17) is 0 Å². The van der Waals surface area contributed by atoms with Crippen LogP contribution < -0.4 is 0 Å². The van der Waals surface area contributed by atoms with E-state index in [1.807, 2.05) is 23.9 Å². The van der Waals surface area contributed by atoms with Gasteiger partial charge in [0.05, 0.1) is 5.69 Å². The number of benzene rings is 1.